The molecule has 0 bridgehead atoms. The molecule has 0 spiro atoms. The van der Waals surface area contributed by atoms with Gasteiger partial charge in [0.2, 0.25) is 0 Å². The summed E-state index contributed by atoms with van der Waals surface area (Å²) in [4.78, 5) is 1.53. The zero-order valence-electron chi connectivity index (χ0n) is 9.97. The monoisotopic (exact) mass is 300 g/mol. The molecule has 2 atom stereocenters. The van der Waals surface area contributed by atoms with Gasteiger partial charge in [0.15, 0.2) is 5.82 Å². The highest BCUT2D eigenvalue weighted by molar-refractivity contribution is 9.09. The summed E-state index contributed by atoms with van der Waals surface area (Å²) in [5, 5.41) is 13.3. The molecule has 2 unspecified atom stereocenters. The van der Waals surface area contributed by atoms with E-state index in [4.69, 9.17) is 4.74 Å². The normalized spacial score (nSPS) is 33.2. The minimum absolute atomic E-state index is 0.171. The van der Waals surface area contributed by atoms with Crippen molar-refractivity contribution in [2.24, 2.45) is 18.4 Å². The lowest BCUT2D eigenvalue weighted by Crippen LogP contribution is -2.37. The summed E-state index contributed by atoms with van der Waals surface area (Å²) < 4.78 is 5.95. The van der Waals surface area contributed by atoms with Crippen molar-refractivity contribution in [3.05, 3.63) is 5.82 Å². The quantitative estimate of drug-likeness (QED) is 0.787. The van der Waals surface area contributed by atoms with Gasteiger partial charge in [-0.1, -0.05) is 15.9 Å². The Balaban J connectivity index is 1.80. The van der Waals surface area contributed by atoms with Crippen molar-refractivity contribution >= 4 is 15.9 Å². The summed E-state index contributed by atoms with van der Waals surface area (Å²) in [6, 6.07) is 0. The molecule has 2 heterocycles. The van der Waals surface area contributed by atoms with Gasteiger partial charge < -0.3 is 4.74 Å². The van der Waals surface area contributed by atoms with Gasteiger partial charge in [0.05, 0.1) is 13.2 Å². The molecule has 94 valence electrons. The summed E-state index contributed by atoms with van der Waals surface area (Å²) in [7, 11) is 1.81. The Morgan fingerprint density at radius 2 is 2.35 bits per heavy atom. The first-order chi connectivity index (χ1) is 8.23. The van der Waals surface area contributed by atoms with E-state index in [0.717, 1.165) is 36.5 Å². The van der Waals surface area contributed by atoms with Crippen LogP contribution in [-0.2, 0) is 18.2 Å². The smallest absolute Gasteiger partial charge is 0.175 e. The van der Waals surface area contributed by atoms with Gasteiger partial charge in [-0.15, -0.1) is 10.2 Å². The standard InChI is InChI=1S/C11H17BrN4O/c1-16-14-9(13-15-16)6-11(7-12)4-5-17-10(11)8-2-3-8/h8,10H,2-7H2,1H3. The number of ether oxygens (including phenoxy) is 1. The fraction of sp³-hybridized carbons (Fsp3) is 0.909. The third-order valence-electron chi connectivity index (χ3n) is 3.88. The summed E-state index contributed by atoms with van der Waals surface area (Å²) in [6.07, 6.45) is 4.97. The Morgan fingerprint density at radius 3 is 2.94 bits per heavy atom. The van der Waals surface area contributed by atoms with Gasteiger partial charge in [0, 0.05) is 23.8 Å². The summed E-state index contributed by atoms with van der Waals surface area (Å²) in [5.74, 6) is 1.59. The van der Waals surface area contributed by atoms with E-state index < -0.39 is 0 Å². The van der Waals surface area contributed by atoms with E-state index in [1.165, 1.54) is 17.6 Å². The predicted molar refractivity (Wildman–Crippen MR) is 65.8 cm³/mol. The zero-order chi connectivity index (χ0) is 11.9. The number of aryl methyl sites for hydroxylation is 1. The lowest BCUT2D eigenvalue weighted by Gasteiger charge is -2.31. The van der Waals surface area contributed by atoms with Crippen molar-refractivity contribution in [1.82, 2.24) is 20.2 Å². The van der Waals surface area contributed by atoms with Crippen LogP contribution in [-0.4, -0.2) is 38.2 Å². The molecule has 6 heteroatoms. The zero-order valence-corrected chi connectivity index (χ0v) is 11.6. The molecule has 2 aliphatic rings. The number of tetrazole rings is 1. The fourth-order valence-corrected chi connectivity index (χ4v) is 3.63. The summed E-state index contributed by atoms with van der Waals surface area (Å²) in [6.45, 7) is 0.868. The van der Waals surface area contributed by atoms with Gasteiger partial charge in [0.1, 0.15) is 0 Å². The van der Waals surface area contributed by atoms with Crippen LogP contribution in [0.25, 0.3) is 0 Å². The second-order valence-corrected chi connectivity index (χ2v) is 5.81. The van der Waals surface area contributed by atoms with E-state index >= 15 is 0 Å². The van der Waals surface area contributed by atoms with Crippen molar-refractivity contribution in [1.29, 1.82) is 0 Å². The van der Waals surface area contributed by atoms with Gasteiger partial charge in [-0.25, -0.2) is 0 Å². The summed E-state index contributed by atoms with van der Waals surface area (Å²) in [5.41, 5.74) is 0.171. The van der Waals surface area contributed by atoms with E-state index in [0.29, 0.717) is 6.10 Å². The maximum Gasteiger partial charge on any atom is 0.175 e. The summed E-state index contributed by atoms with van der Waals surface area (Å²) >= 11 is 3.67. The third-order valence-corrected chi connectivity index (χ3v) is 4.99. The molecule has 2 fully saturated rings. The number of halogens is 1. The van der Waals surface area contributed by atoms with E-state index in [-0.39, 0.29) is 5.41 Å². The van der Waals surface area contributed by atoms with Gasteiger partial charge in [-0.05, 0) is 30.4 Å². The predicted octanol–water partition coefficient (Wildman–Crippen LogP) is 1.33. The SMILES string of the molecule is Cn1nnc(CC2(CBr)CCOC2C2CC2)n1. The van der Waals surface area contributed by atoms with Crippen LogP contribution in [0.1, 0.15) is 25.1 Å². The first kappa shape index (κ1) is 11.6. The van der Waals surface area contributed by atoms with Gasteiger partial charge >= 0.3 is 0 Å². The third kappa shape index (κ3) is 2.12. The largest absolute Gasteiger partial charge is 0.377 e. The highest BCUT2D eigenvalue weighted by Crippen LogP contribution is 2.49. The maximum atomic E-state index is 5.95. The van der Waals surface area contributed by atoms with E-state index in [2.05, 4.69) is 31.3 Å². The molecule has 5 nitrogen and oxygen atoms in total. The van der Waals surface area contributed by atoms with Crippen molar-refractivity contribution in [3.63, 3.8) is 0 Å². The Kier molecular flexibility index (Phi) is 2.94. The van der Waals surface area contributed by atoms with Crippen LogP contribution in [0, 0.1) is 11.3 Å². The maximum absolute atomic E-state index is 5.95. The van der Waals surface area contributed by atoms with Crippen LogP contribution in [0.2, 0.25) is 0 Å². The van der Waals surface area contributed by atoms with E-state index in [9.17, 15) is 0 Å². The molecule has 1 aliphatic carbocycles. The molecule has 3 rings (SSSR count). The van der Waals surface area contributed by atoms with Crippen molar-refractivity contribution < 1.29 is 4.74 Å². The number of aromatic nitrogens is 4. The molecular weight excluding hydrogens is 284 g/mol. The number of rotatable bonds is 4. The van der Waals surface area contributed by atoms with Crippen LogP contribution in [0.15, 0.2) is 0 Å². The Bertz CT molecular complexity index is 406. The van der Waals surface area contributed by atoms with Crippen LogP contribution >= 0.6 is 15.9 Å². The number of nitrogens with zero attached hydrogens (tertiary/aromatic N) is 4. The van der Waals surface area contributed by atoms with Crippen molar-refractivity contribution in [2.75, 3.05) is 11.9 Å². The van der Waals surface area contributed by atoms with Crippen LogP contribution < -0.4 is 0 Å². The molecule has 0 aromatic carbocycles. The van der Waals surface area contributed by atoms with Gasteiger partial charge in [0.25, 0.3) is 0 Å². The second-order valence-electron chi connectivity index (χ2n) is 5.25. The fourth-order valence-electron chi connectivity index (χ4n) is 2.83. The molecule has 0 N–H and O–H groups in total. The molecular formula is C11H17BrN4O. The number of alkyl halides is 1. The molecule has 0 amide bonds. The van der Waals surface area contributed by atoms with Crippen LogP contribution in [0.5, 0.6) is 0 Å². The molecule has 0 radical (unpaired) electrons. The van der Waals surface area contributed by atoms with E-state index in [1.54, 1.807) is 7.05 Å². The van der Waals surface area contributed by atoms with E-state index in [1.807, 2.05) is 0 Å². The van der Waals surface area contributed by atoms with Crippen molar-refractivity contribution in [3.8, 4) is 0 Å². The minimum atomic E-state index is 0.171. The number of hydrogen-bond acceptors (Lipinski definition) is 4. The van der Waals surface area contributed by atoms with Gasteiger partial charge in [-0.3, -0.25) is 0 Å². The Hall–Kier alpha value is -0.490. The molecule has 1 aliphatic heterocycles. The lowest BCUT2D eigenvalue weighted by atomic mass is 9.78. The Morgan fingerprint density at radius 1 is 1.53 bits per heavy atom. The topological polar surface area (TPSA) is 52.8 Å². The molecule has 1 saturated heterocycles. The second kappa shape index (κ2) is 4.31. The van der Waals surface area contributed by atoms with Crippen LogP contribution in [0.4, 0.5) is 0 Å². The highest BCUT2D eigenvalue weighted by Gasteiger charge is 2.50. The lowest BCUT2D eigenvalue weighted by molar-refractivity contribution is 0.0405. The van der Waals surface area contributed by atoms with Gasteiger partial charge in [-0.2, -0.15) is 4.80 Å². The molecule has 1 saturated carbocycles. The minimum Gasteiger partial charge on any atom is -0.377 e. The molecule has 17 heavy (non-hydrogen) atoms. The van der Waals surface area contributed by atoms with Crippen molar-refractivity contribution in [2.45, 2.75) is 31.8 Å². The molecule has 1 aromatic heterocycles. The average molecular weight is 301 g/mol. The molecule has 1 aromatic rings. The number of hydrogen-bond donors (Lipinski definition) is 0. The first-order valence-electron chi connectivity index (χ1n) is 6.14. The Labute approximate surface area is 109 Å². The average Bonchev–Trinajstić information content (AvgIpc) is 2.96. The van der Waals surface area contributed by atoms with Crippen LogP contribution in [0.3, 0.4) is 0 Å². The first-order valence-corrected chi connectivity index (χ1v) is 7.26. The highest BCUT2D eigenvalue weighted by atomic mass is 79.9.